The number of hydrogen-bond donors (Lipinski definition) is 2. The summed E-state index contributed by atoms with van der Waals surface area (Å²) in [6.45, 7) is 0. The number of hydrogen-bond acceptors (Lipinski definition) is 6. The van der Waals surface area contributed by atoms with Crippen LogP contribution < -0.4 is 11.1 Å². The molecular formula is C21H19N5O2S. The average Bonchev–Trinajstić information content (AvgIpc) is 3.44. The second-order valence-electron chi connectivity index (χ2n) is 7.09. The van der Waals surface area contributed by atoms with Gasteiger partial charge in [0.05, 0.1) is 16.1 Å². The standard InChI is InChI=1S/C21H19N5O2S/c22-21-24-18(12-20(25-21)23-14-10-11-14)17-13-26(19-9-5-4-8-16(17)19)29(27,28)15-6-2-1-3-7-15/h1-9,12-14H,10-11H2,(H3,22,23,24,25). The van der Waals surface area contributed by atoms with E-state index in [9.17, 15) is 8.42 Å². The Morgan fingerprint density at radius 3 is 2.48 bits per heavy atom. The van der Waals surface area contributed by atoms with Gasteiger partial charge in [-0.2, -0.15) is 4.98 Å². The number of para-hydroxylation sites is 1. The zero-order valence-corrected chi connectivity index (χ0v) is 16.3. The van der Waals surface area contributed by atoms with Crippen molar-refractivity contribution in [2.45, 2.75) is 23.8 Å². The fraction of sp³-hybridized carbons (Fsp3) is 0.143. The number of fused-ring (bicyclic) bond motifs is 1. The molecule has 0 aliphatic heterocycles. The zero-order chi connectivity index (χ0) is 20.0. The highest BCUT2D eigenvalue weighted by atomic mass is 32.2. The molecule has 0 spiro atoms. The highest BCUT2D eigenvalue weighted by Crippen LogP contribution is 2.34. The fourth-order valence-corrected chi connectivity index (χ4v) is 4.76. The van der Waals surface area contributed by atoms with Gasteiger partial charge in [-0.25, -0.2) is 17.4 Å². The van der Waals surface area contributed by atoms with Crippen molar-refractivity contribution in [3.63, 3.8) is 0 Å². The number of nitrogens with two attached hydrogens (primary N) is 1. The minimum absolute atomic E-state index is 0.147. The van der Waals surface area contributed by atoms with E-state index in [-0.39, 0.29) is 10.8 Å². The molecule has 0 radical (unpaired) electrons. The van der Waals surface area contributed by atoms with Crippen molar-refractivity contribution in [2.75, 3.05) is 11.1 Å². The molecule has 0 saturated heterocycles. The minimum atomic E-state index is -3.76. The van der Waals surface area contributed by atoms with Crippen LogP contribution in [0.15, 0.2) is 71.8 Å². The molecule has 1 saturated carbocycles. The van der Waals surface area contributed by atoms with Crippen molar-refractivity contribution in [3.05, 3.63) is 66.9 Å². The molecule has 1 aliphatic rings. The van der Waals surface area contributed by atoms with Gasteiger partial charge < -0.3 is 11.1 Å². The molecule has 0 atom stereocenters. The van der Waals surface area contributed by atoms with E-state index in [2.05, 4.69) is 15.3 Å². The van der Waals surface area contributed by atoms with Gasteiger partial charge in [-0.05, 0) is 31.0 Å². The molecular weight excluding hydrogens is 386 g/mol. The summed E-state index contributed by atoms with van der Waals surface area (Å²) in [7, 11) is -3.76. The third kappa shape index (κ3) is 3.21. The molecule has 5 rings (SSSR count). The number of anilines is 2. The Kier molecular flexibility index (Phi) is 4.02. The van der Waals surface area contributed by atoms with Crippen LogP contribution in [0.4, 0.5) is 11.8 Å². The molecule has 1 aliphatic carbocycles. The van der Waals surface area contributed by atoms with E-state index in [1.807, 2.05) is 24.3 Å². The number of nitrogens with zero attached hydrogens (tertiary/aromatic N) is 3. The average molecular weight is 405 g/mol. The van der Waals surface area contributed by atoms with Gasteiger partial charge in [0.1, 0.15) is 5.82 Å². The normalized spacial score (nSPS) is 14.2. The zero-order valence-electron chi connectivity index (χ0n) is 15.5. The van der Waals surface area contributed by atoms with Gasteiger partial charge >= 0.3 is 0 Å². The van der Waals surface area contributed by atoms with E-state index in [1.54, 1.807) is 42.6 Å². The quantitative estimate of drug-likeness (QED) is 0.527. The summed E-state index contributed by atoms with van der Waals surface area (Å²) in [6, 6.07) is 18.0. The molecule has 7 nitrogen and oxygen atoms in total. The molecule has 2 aromatic carbocycles. The van der Waals surface area contributed by atoms with Crippen LogP contribution >= 0.6 is 0 Å². The highest BCUT2D eigenvalue weighted by Gasteiger charge is 2.24. The summed E-state index contributed by atoms with van der Waals surface area (Å²) < 4.78 is 27.9. The van der Waals surface area contributed by atoms with Crippen LogP contribution in [0, 0.1) is 0 Å². The van der Waals surface area contributed by atoms with Gasteiger partial charge in [0.25, 0.3) is 10.0 Å². The Hall–Kier alpha value is -3.39. The van der Waals surface area contributed by atoms with E-state index in [0.717, 1.165) is 18.2 Å². The van der Waals surface area contributed by atoms with Crippen molar-refractivity contribution in [2.24, 2.45) is 0 Å². The molecule has 3 N–H and O–H groups in total. The first kappa shape index (κ1) is 17.7. The molecule has 0 unspecified atom stereocenters. The molecule has 146 valence electrons. The number of rotatable bonds is 5. The largest absolute Gasteiger partial charge is 0.368 e. The summed E-state index contributed by atoms with van der Waals surface area (Å²) in [5.74, 6) is 0.797. The van der Waals surface area contributed by atoms with Crippen molar-refractivity contribution < 1.29 is 8.42 Å². The van der Waals surface area contributed by atoms with Gasteiger partial charge in [-0.15, -0.1) is 0 Å². The Morgan fingerprint density at radius 2 is 1.72 bits per heavy atom. The van der Waals surface area contributed by atoms with Gasteiger partial charge in [-0.3, -0.25) is 0 Å². The molecule has 2 aromatic heterocycles. The van der Waals surface area contributed by atoms with Crippen molar-refractivity contribution in [1.82, 2.24) is 13.9 Å². The first-order valence-electron chi connectivity index (χ1n) is 9.34. The lowest BCUT2D eigenvalue weighted by Crippen LogP contribution is -2.11. The van der Waals surface area contributed by atoms with Crippen LogP contribution in [0.5, 0.6) is 0 Å². The Balaban J connectivity index is 1.70. The van der Waals surface area contributed by atoms with Crippen LogP contribution in [-0.2, 0) is 10.0 Å². The predicted molar refractivity (Wildman–Crippen MR) is 113 cm³/mol. The Morgan fingerprint density at radius 1 is 1.00 bits per heavy atom. The first-order chi connectivity index (χ1) is 14.0. The summed E-state index contributed by atoms with van der Waals surface area (Å²) in [5.41, 5.74) is 7.79. The first-order valence-corrected chi connectivity index (χ1v) is 10.8. The predicted octanol–water partition coefficient (Wildman–Crippen LogP) is 3.49. The van der Waals surface area contributed by atoms with Crippen molar-refractivity contribution in [1.29, 1.82) is 0 Å². The van der Waals surface area contributed by atoms with Crippen LogP contribution in [0.25, 0.3) is 22.2 Å². The lowest BCUT2D eigenvalue weighted by molar-refractivity contribution is 0.589. The number of nitrogen functional groups attached to an aromatic ring is 1. The van der Waals surface area contributed by atoms with E-state index >= 15 is 0 Å². The summed E-state index contributed by atoms with van der Waals surface area (Å²) >= 11 is 0. The van der Waals surface area contributed by atoms with Crippen LogP contribution in [0.3, 0.4) is 0 Å². The van der Waals surface area contributed by atoms with Gasteiger partial charge in [0.15, 0.2) is 0 Å². The maximum absolute atomic E-state index is 13.3. The van der Waals surface area contributed by atoms with E-state index < -0.39 is 10.0 Å². The molecule has 2 heterocycles. The van der Waals surface area contributed by atoms with Crippen LogP contribution in [0.2, 0.25) is 0 Å². The molecule has 29 heavy (non-hydrogen) atoms. The monoisotopic (exact) mass is 405 g/mol. The summed E-state index contributed by atoms with van der Waals surface area (Å²) in [6.07, 6.45) is 3.82. The van der Waals surface area contributed by atoms with Crippen molar-refractivity contribution >= 4 is 32.7 Å². The van der Waals surface area contributed by atoms with E-state index in [1.165, 1.54) is 3.97 Å². The fourth-order valence-electron chi connectivity index (χ4n) is 3.37. The highest BCUT2D eigenvalue weighted by molar-refractivity contribution is 7.90. The van der Waals surface area contributed by atoms with Crippen molar-refractivity contribution in [3.8, 4) is 11.3 Å². The number of nitrogens with one attached hydrogen (secondary N) is 1. The topological polar surface area (TPSA) is 103 Å². The second-order valence-corrected chi connectivity index (χ2v) is 8.90. The second kappa shape index (κ2) is 6.59. The third-order valence-electron chi connectivity index (χ3n) is 4.93. The van der Waals surface area contributed by atoms with E-state index in [4.69, 9.17) is 5.73 Å². The summed E-state index contributed by atoms with van der Waals surface area (Å²) in [5, 5.41) is 4.10. The number of benzene rings is 2. The molecule has 4 aromatic rings. The molecule has 0 amide bonds. The minimum Gasteiger partial charge on any atom is -0.368 e. The number of aromatic nitrogens is 3. The molecule has 1 fully saturated rings. The van der Waals surface area contributed by atoms with Gasteiger partial charge in [0, 0.05) is 29.3 Å². The third-order valence-corrected chi connectivity index (χ3v) is 6.61. The lowest BCUT2D eigenvalue weighted by atomic mass is 10.1. The van der Waals surface area contributed by atoms with Gasteiger partial charge in [0.2, 0.25) is 5.95 Å². The van der Waals surface area contributed by atoms with Gasteiger partial charge in [-0.1, -0.05) is 36.4 Å². The maximum Gasteiger partial charge on any atom is 0.268 e. The SMILES string of the molecule is Nc1nc(NC2CC2)cc(-c2cn(S(=O)(=O)c3ccccc3)c3ccccc23)n1. The van der Waals surface area contributed by atoms with Crippen LogP contribution in [-0.4, -0.2) is 28.4 Å². The Bertz CT molecular complexity index is 1310. The smallest absolute Gasteiger partial charge is 0.268 e. The van der Waals surface area contributed by atoms with E-state index in [0.29, 0.717) is 28.6 Å². The Labute approximate surface area is 168 Å². The van der Waals surface area contributed by atoms with Crippen LogP contribution in [0.1, 0.15) is 12.8 Å². The molecule has 8 heteroatoms. The maximum atomic E-state index is 13.3. The summed E-state index contributed by atoms with van der Waals surface area (Å²) in [4.78, 5) is 8.85. The lowest BCUT2D eigenvalue weighted by Gasteiger charge is -2.07. The molecule has 0 bridgehead atoms.